The largest absolute Gasteiger partial charge is 0.344 e. The van der Waals surface area contributed by atoms with Gasteiger partial charge >= 0.3 is 0 Å². The van der Waals surface area contributed by atoms with Gasteiger partial charge in [-0.25, -0.2) is 0 Å². The van der Waals surface area contributed by atoms with Crippen LogP contribution in [-0.4, -0.2) is 68.5 Å². The van der Waals surface area contributed by atoms with Crippen LogP contribution in [0.4, 0.5) is 17.1 Å². The number of hydrogen-bond donors (Lipinski definition) is 6. The molecular weight excluding hydrogens is 1050 g/mol. The van der Waals surface area contributed by atoms with Crippen molar-refractivity contribution in [3.05, 3.63) is 247 Å². The number of pyridine rings is 3. The van der Waals surface area contributed by atoms with Crippen LogP contribution in [0.3, 0.4) is 0 Å². The van der Waals surface area contributed by atoms with Crippen LogP contribution in [0.25, 0.3) is 0 Å². The van der Waals surface area contributed by atoms with Gasteiger partial charge in [-0.2, -0.15) is 34.0 Å². The van der Waals surface area contributed by atoms with Crippen molar-refractivity contribution >= 4 is 86.5 Å². The summed E-state index contributed by atoms with van der Waals surface area (Å²) in [5.74, 6) is -2.47. The number of aromatic nitrogens is 3. The van der Waals surface area contributed by atoms with E-state index in [2.05, 4.69) is 46.9 Å². The summed E-state index contributed by atoms with van der Waals surface area (Å²) in [7, 11) is 0. The Hall–Kier alpha value is -8.97. The van der Waals surface area contributed by atoms with Gasteiger partial charge in [0.1, 0.15) is 18.1 Å². The molecule has 6 heterocycles. The van der Waals surface area contributed by atoms with E-state index < -0.39 is 41.8 Å². The molecule has 398 valence electrons. The minimum Gasteiger partial charge on any atom is -0.344 e. The van der Waals surface area contributed by atoms with E-state index in [1.165, 1.54) is 34.0 Å². The highest BCUT2D eigenvalue weighted by Gasteiger charge is 2.27. The Morgan fingerprint density at radius 1 is 0.367 bits per heavy atom. The third kappa shape index (κ3) is 16.3. The van der Waals surface area contributed by atoms with E-state index in [9.17, 15) is 28.8 Å². The summed E-state index contributed by atoms with van der Waals surface area (Å²) in [5, 5.41) is 29.1. The maximum atomic E-state index is 14.0. The molecule has 0 saturated heterocycles. The zero-order valence-corrected chi connectivity index (χ0v) is 45.1. The molecule has 3 aromatic carbocycles. The van der Waals surface area contributed by atoms with Crippen molar-refractivity contribution < 1.29 is 28.8 Å². The number of hydrogen-bond acceptors (Lipinski definition) is 12. The molecule has 0 fully saturated rings. The van der Waals surface area contributed by atoms with Gasteiger partial charge in [-0.3, -0.25) is 43.7 Å². The fraction of sp³-hybridized carbons (Fsp3) is 0.164. The summed E-state index contributed by atoms with van der Waals surface area (Å²) in [6.45, 7) is 0. The average molecular weight is 1110 g/mol. The lowest BCUT2D eigenvalue weighted by Gasteiger charge is -2.22. The Kier molecular flexibility index (Phi) is 19.0. The highest BCUT2D eigenvalue weighted by Crippen LogP contribution is 2.34. The summed E-state index contributed by atoms with van der Waals surface area (Å²) in [6.07, 6.45) is 5.88. The van der Waals surface area contributed by atoms with E-state index in [-0.39, 0.29) is 56.2 Å². The van der Waals surface area contributed by atoms with Gasteiger partial charge in [0.2, 0.25) is 35.4 Å². The fourth-order valence-electron chi connectivity index (χ4n) is 8.83. The van der Waals surface area contributed by atoms with Crippen molar-refractivity contribution in [2.24, 2.45) is 0 Å². The first-order chi connectivity index (χ1) is 38.6. The lowest BCUT2D eigenvalue weighted by atomic mass is 9.85. The molecule has 79 heavy (non-hydrogen) atoms. The topological polar surface area (TPSA) is 213 Å². The van der Waals surface area contributed by atoms with E-state index in [0.29, 0.717) is 34.1 Å². The highest BCUT2D eigenvalue weighted by molar-refractivity contribution is 7.08. The van der Waals surface area contributed by atoms with Crippen LogP contribution in [0.5, 0.6) is 0 Å². The highest BCUT2D eigenvalue weighted by atomic mass is 32.1. The molecular formula is C61H55N9O6S3. The Morgan fingerprint density at radius 2 is 0.658 bits per heavy atom. The molecule has 9 aromatic rings. The zero-order chi connectivity index (χ0) is 54.8. The molecule has 0 bridgehead atoms. The van der Waals surface area contributed by atoms with Gasteiger partial charge in [0.05, 0.1) is 19.3 Å². The summed E-state index contributed by atoms with van der Waals surface area (Å²) >= 11 is 4.49. The van der Waals surface area contributed by atoms with Crippen LogP contribution in [0.2, 0.25) is 0 Å². The second-order valence-corrected chi connectivity index (χ2v) is 21.0. The van der Waals surface area contributed by atoms with E-state index in [4.69, 9.17) is 0 Å². The molecule has 0 aliphatic rings. The standard InChI is InChI=1S/C61H55N9O6S3/c71-55(31-40-22-28-77-37-40)68-52(34-49-7-1-4-25-62-49)59(74)65-46-16-10-43(11-17-46)58(44-12-18-47(19-13-44)66-60(75)53(35-50-8-2-5-26-63-50)69-56(72)32-41-23-29-78-38-41)45-14-20-48(21-15-45)67-61(76)54(36-51-9-3-6-27-64-51)70-57(73)33-42-24-30-79-39-42/h1-30,37-39,52-54,58H,31-36H2,(H,65,74)(H,66,75)(H,67,76)(H,68,71)(H,69,72)(H,70,73)/t52-,53-,54-/m0/s1. The lowest BCUT2D eigenvalue weighted by Crippen LogP contribution is -2.46. The number of anilines is 3. The Bertz CT molecular complexity index is 3040. The molecule has 0 unspecified atom stereocenters. The fourth-order valence-corrected chi connectivity index (χ4v) is 10.8. The summed E-state index contributed by atoms with van der Waals surface area (Å²) in [6, 6.07) is 41.5. The van der Waals surface area contributed by atoms with E-state index in [1.807, 2.05) is 123 Å². The Morgan fingerprint density at radius 3 is 0.899 bits per heavy atom. The maximum Gasteiger partial charge on any atom is 0.247 e. The zero-order valence-electron chi connectivity index (χ0n) is 42.6. The average Bonchev–Trinajstić information content (AvgIpc) is 4.33. The molecule has 0 aliphatic carbocycles. The summed E-state index contributed by atoms with van der Waals surface area (Å²) in [4.78, 5) is 94.7. The smallest absolute Gasteiger partial charge is 0.247 e. The van der Waals surface area contributed by atoms with Gasteiger partial charge in [-0.05, 0) is 157 Å². The molecule has 0 spiro atoms. The van der Waals surface area contributed by atoms with Gasteiger partial charge in [-0.15, -0.1) is 0 Å². The van der Waals surface area contributed by atoms with Crippen LogP contribution < -0.4 is 31.9 Å². The molecule has 0 aliphatic heterocycles. The van der Waals surface area contributed by atoms with Crippen LogP contribution in [0.15, 0.2) is 196 Å². The number of carbonyl (C=O) groups excluding carboxylic acids is 6. The molecule has 15 nitrogen and oxygen atoms in total. The SMILES string of the molecule is O=C(Cc1ccsc1)N[C@@H](Cc1ccccn1)C(=O)Nc1ccc(C(c2ccc(NC(=O)[C@H](Cc3ccccn3)NC(=O)Cc3ccsc3)cc2)c2ccc(NC(=O)[C@H](Cc3ccccn3)NC(=O)Cc3ccsc3)cc2)cc1. The molecule has 6 N–H and O–H groups in total. The third-order valence-electron chi connectivity index (χ3n) is 12.7. The van der Waals surface area contributed by atoms with Crippen molar-refractivity contribution in [2.45, 2.75) is 62.6 Å². The number of carbonyl (C=O) groups is 6. The van der Waals surface area contributed by atoms with Crippen LogP contribution in [0, 0.1) is 0 Å². The monoisotopic (exact) mass is 1110 g/mol. The number of rotatable bonds is 24. The minimum absolute atomic E-state index is 0.133. The van der Waals surface area contributed by atoms with Gasteiger partial charge in [0, 0.05) is 77.9 Å². The van der Waals surface area contributed by atoms with Crippen molar-refractivity contribution in [1.29, 1.82) is 0 Å². The first-order valence-electron chi connectivity index (χ1n) is 25.4. The minimum atomic E-state index is -0.910. The molecule has 6 amide bonds. The molecule has 6 aromatic heterocycles. The lowest BCUT2D eigenvalue weighted by molar-refractivity contribution is -0.126. The number of nitrogens with zero attached hydrogens (tertiary/aromatic N) is 3. The molecule has 0 saturated carbocycles. The predicted molar refractivity (Wildman–Crippen MR) is 310 cm³/mol. The van der Waals surface area contributed by atoms with Gasteiger partial charge in [0.25, 0.3) is 0 Å². The van der Waals surface area contributed by atoms with E-state index >= 15 is 0 Å². The van der Waals surface area contributed by atoms with E-state index in [1.54, 1.807) is 73.2 Å². The van der Waals surface area contributed by atoms with Gasteiger partial charge < -0.3 is 31.9 Å². The number of thiophene rings is 3. The van der Waals surface area contributed by atoms with Gasteiger partial charge in [0.15, 0.2) is 0 Å². The normalized spacial score (nSPS) is 12.1. The predicted octanol–water partition coefficient (Wildman–Crippen LogP) is 8.96. The number of amides is 6. The third-order valence-corrected chi connectivity index (χ3v) is 14.9. The summed E-state index contributed by atoms with van der Waals surface area (Å²) < 4.78 is 0. The van der Waals surface area contributed by atoms with Crippen molar-refractivity contribution in [2.75, 3.05) is 16.0 Å². The summed E-state index contributed by atoms with van der Waals surface area (Å²) in [5.41, 5.74) is 8.60. The van der Waals surface area contributed by atoms with Gasteiger partial charge in [-0.1, -0.05) is 54.6 Å². The Balaban J connectivity index is 0.953. The molecule has 0 radical (unpaired) electrons. The molecule has 9 rings (SSSR count). The van der Waals surface area contributed by atoms with Crippen LogP contribution >= 0.6 is 34.0 Å². The first-order valence-corrected chi connectivity index (χ1v) is 28.2. The van der Waals surface area contributed by atoms with E-state index in [0.717, 1.165) is 33.4 Å². The first kappa shape index (κ1) is 54.8. The maximum absolute atomic E-state index is 14.0. The molecule has 18 heteroatoms. The second kappa shape index (κ2) is 27.4. The van der Waals surface area contributed by atoms with Crippen LogP contribution in [0.1, 0.15) is 56.4 Å². The van der Waals surface area contributed by atoms with Crippen molar-refractivity contribution in [3.63, 3.8) is 0 Å². The quantitative estimate of drug-likeness (QED) is 0.0318. The number of nitrogens with one attached hydrogen (secondary N) is 6. The second-order valence-electron chi connectivity index (χ2n) is 18.6. The van der Waals surface area contributed by atoms with Crippen LogP contribution in [-0.2, 0) is 67.3 Å². The van der Waals surface area contributed by atoms with Crippen molar-refractivity contribution in [3.8, 4) is 0 Å². The Labute approximate surface area is 469 Å². The molecule has 3 atom stereocenters. The van der Waals surface area contributed by atoms with Crippen molar-refractivity contribution in [1.82, 2.24) is 30.9 Å². The number of benzene rings is 3.